The fraction of sp³-hybridized carbons (Fsp3) is 0.235. The van der Waals surface area contributed by atoms with Crippen molar-refractivity contribution >= 4 is 29.2 Å². The Morgan fingerprint density at radius 2 is 1.71 bits per heavy atom. The van der Waals surface area contributed by atoms with E-state index in [4.69, 9.17) is 16.3 Å². The molecule has 0 aliphatic carbocycles. The first-order valence-electron chi connectivity index (χ1n) is 7.04. The van der Waals surface area contributed by atoms with Crippen LogP contribution in [0.15, 0.2) is 53.5 Å². The predicted molar refractivity (Wildman–Crippen MR) is 88.2 cm³/mol. The second-order valence-corrected chi connectivity index (χ2v) is 5.30. The van der Waals surface area contributed by atoms with Gasteiger partial charge in [0.1, 0.15) is 0 Å². The molecule has 0 N–H and O–H groups in total. The SMILES string of the molecule is Clc1ccccc1C=Nc1ccc(N2CCOCC2)cc1. The van der Waals surface area contributed by atoms with Crippen molar-refractivity contribution in [3.63, 3.8) is 0 Å². The van der Waals surface area contributed by atoms with Gasteiger partial charge in [0, 0.05) is 35.6 Å². The molecule has 0 atom stereocenters. The maximum Gasteiger partial charge on any atom is 0.0642 e. The Balaban J connectivity index is 1.71. The highest BCUT2D eigenvalue weighted by molar-refractivity contribution is 6.33. The molecule has 21 heavy (non-hydrogen) atoms. The van der Waals surface area contributed by atoms with Crippen LogP contribution >= 0.6 is 11.6 Å². The standard InChI is InChI=1S/C17H17ClN2O/c18-17-4-2-1-3-14(17)13-19-15-5-7-16(8-6-15)20-9-11-21-12-10-20/h1-8,13H,9-12H2. The van der Waals surface area contributed by atoms with E-state index in [0.29, 0.717) is 5.02 Å². The summed E-state index contributed by atoms with van der Waals surface area (Å²) in [6.07, 6.45) is 1.80. The van der Waals surface area contributed by atoms with E-state index in [1.54, 1.807) is 6.21 Å². The van der Waals surface area contributed by atoms with Crippen molar-refractivity contribution in [3.05, 3.63) is 59.1 Å². The lowest BCUT2D eigenvalue weighted by Crippen LogP contribution is -2.36. The first kappa shape index (κ1) is 14.1. The minimum atomic E-state index is 0.714. The topological polar surface area (TPSA) is 24.8 Å². The van der Waals surface area contributed by atoms with Gasteiger partial charge in [0.15, 0.2) is 0 Å². The number of halogens is 1. The Morgan fingerprint density at radius 3 is 2.43 bits per heavy atom. The summed E-state index contributed by atoms with van der Waals surface area (Å²) in [6.45, 7) is 3.49. The summed E-state index contributed by atoms with van der Waals surface area (Å²) in [6, 6.07) is 15.9. The molecule has 108 valence electrons. The molecule has 0 aromatic heterocycles. The molecule has 0 amide bonds. The van der Waals surface area contributed by atoms with E-state index in [1.807, 2.05) is 36.4 Å². The van der Waals surface area contributed by atoms with Crippen LogP contribution in [-0.4, -0.2) is 32.5 Å². The van der Waals surface area contributed by atoms with Gasteiger partial charge in [0.2, 0.25) is 0 Å². The molecule has 3 nitrogen and oxygen atoms in total. The normalized spacial score (nSPS) is 15.6. The van der Waals surface area contributed by atoms with Crippen molar-refractivity contribution in [2.24, 2.45) is 4.99 Å². The van der Waals surface area contributed by atoms with Crippen LogP contribution in [0, 0.1) is 0 Å². The zero-order valence-electron chi connectivity index (χ0n) is 11.7. The molecule has 1 heterocycles. The lowest BCUT2D eigenvalue weighted by Gasteiger charge is -2.28. The molecule has 1 fully saturated rings. The van der Waals surface area contributed by atoms with E-state index < -0.39 is 0 Å². The van der Waals surface area contributed by atoms with E-state index in [1.165, 1.54) is 5.69 Å². The molecule has 0 unspecified atom stereocenters. The Kier molecular flexibility index (Phi) is 4.53. The summed E-state index contributed by atoms with van der Waals surface area (Å²) in [7, 11) is 0. The van der Waals surface area contributed by atoms with Gasteiger partial charge in [-0.2, -0.15) is 0 Å². The van der Waals surface area contributed by atoms with Crippen molar-refractivity contribution < 1.29 is 4.74 Å². The smallest absolute Gasteiger partial charge is 0.0642 e. The third kappa shape index (κ3) is 3.63. The van der Waals surface area contributed by atoms with E-state index in [2.05, 4.69) is 22.0 Å². The number of ether oxygens (including phenoxy) is 1. The van der Waals surface area contributed by atoms with Crippen LogP contribution in [0.3, 0.4) is 0 Å². The first-order chi connectivity index (χ1) is 10.3. The summed E-state index contributed by atoms with van der Waals surface area (Å²) in [5, 5.41) is 0.714. The molecule has 2 aromatic carbocycles. The predicted octanol–water partition coefficient (Wildman–Crippen LogP) is 3.93. The maximum atomic E-state index is 6.11. The highest BCUT2D eigenvalue weighted by atomic mass is 35.5. The summed E-state index contributed by atoms with van der Waals surface area (Å²) in [5.41, 5.74) is 3.07. The van der Waals surface area contributed by atoms with Gasteiger partial charge in [-0.25, -0.2) is 0 Å². The quantitative estimate of drug-likeness (QED) is 0.802. The van der Waals surface area contributed by atoms with E-state index >= 15 is 0 Å². The van der Waals surface area contributed by atoms with Crippen LogP contribution in [0.4, 0.5) is 11.4 Å². The van der Waals surface area contributed by atoms with E-state index in [-0.39, 0.29) is 0 Å². The van der Waals surface area contributed by atoms with Crippen molar-refractivity contribution in [3.8, 4) is 0 Å². The fourth-order valence-corrected chi connectivity index (χ4v) is 2.48. The number of nitrogens with zero attached hydrogens (tertiary/aromatic N) is 2. The Morgan fingerprint density at radius 1 is 1.00 bits per heavy atom. The molecular formula is C17H17ClN2O. The number of morpholine rings is 1. The number of benzene rings is 2. The average Bonchev–Trinajstić information content (AvgIpc) is 2.55. The number of rotatable bonds is 3. The average molecular weight is 301 g/mol. The first-order valence-corrected chi connectivity index (χ1v) is 7.42. The Hall–Kier alpha value is -1.84. The summed E-state index contributed by atoms with van der Waals surface area (Å²) >= 11 is 6.11. The second-order valence-electron chi connectivity index (χ2n) is 4.90. The van der Waals surface area contributed by atoms with Crippen LogP contribution in [-0.2, 0) is 4.74 Å². The molecule has 4 heteroatoms. The molecule has 1 aliphatic rings. The van der Waals surface area contributed by atoms with Crippen molar-refractivity contribution in [2.45, 2.75) is 0 Å². The Labute approximate surface area is 129 Å². The molecule has 0 saturated carbocycles. The highest BCUT2D eigenvalue weighted by Crippen LogP contribution is 2.21. The van der Waals surface area contributed by atoms with Crippen LogP contribution in [0.1, 0.15) is 5.56 Å². The lowest BCUT2D eigenvalue weighted by molar-refractivity contribution is 0.122. The molecule has 0 spiro atoms. The minimum absolute atomic E-state index is 0.714. The van der Waals surface area contributed by atoms with Crippen molar-refractivity contribution in [2.75, 3.05) is 31.2 Å². The molecule has 0 bridgehead atoms. The second kappa shape index (κ2) is 6.74. The van der Waals surface area contributed by atoms with Gasteiger partial charge in [-0.3, -0.25) is 4.99 Å². The van der Waals surface area contributed by atoms with Gasteiger partial charge in [-0.1, -0.05) is 29.8 Å². The largest absolute Gasteiger partial charge is 0.378 e. The molecule has 2 aromatic rings. The monoisotopic (exact) mass is 300 g/mol. The van der Waals surface area contributed by atoms with Gasteiger partial charge >= 0.3 is 0 Å². The van der Waals surface area contributed by atoms with Gasteiger partial charge < -0.3 is 9.64 Å². The Bertz CT molecular complexity index is 619. The summed E-state index contributed by atoms with van der Waals surface area (Å²) < 4.78 is 5.37. The van der Waals surface area contributed by atoms with Crippen LogP contribution in [0.25, 0.3) is 0 Å². The molecule has 3 rings (SSSR count). The molecule has 0 radical (unpaired) electrons. The minimum Gasteiger partial charge on any atom is -0.378 e. The molecular weight excluding hydrogens is 284 g/mol. The number of anilines is 1. The highest BCUT2D eigenvalue weighted by Gasteiger charge is 2.10. The van der Waals surface area contributed by atoms with Gasteiger partial charge in [0.05, 0.1) is 18.9 Å². The lowest BCUT2D eigenvalue weighted by atomic mass is 10.2. The van der Waals surface area contributed by atoms with Gasteiger partial charge in [-0.05, 0) is 30.3 Å². The summed E-state index contributed by atoms with van der Waals surface area (Å²) in [5.74, 6) is 0. The van der Waals surface area contributed by atoms with Gasteiger partial charge in [-0.15, -0.1) is 0 Å². The number of hydrogen-bond donors (Lipinski definition) is 0. The van der Waals surface area contributed by atoms with Crippen LogP contribution in [0.5, 0.6) is 0 Å². The zero-order chi connectivity index (χ0) is 14.5. The molecule has 1 aliphatic heterocycles. The third-order valence-electron chi connectivity index (χ3n) is 3.48. The molecule has 1 saturated heterocycles. The number of hydrogen-bond acceptors (Lipinski definition) is 3. The van der Waals surface area contributed by atoms with E-state index in [9.17, 15) is 0 Å². The van der Waals surface area contributed by atoms with E-state index in [0.717, 1.165) is 37.6 Å². The summed E-state index contributed by atoms with van der Waals surface area (Å²) in [4.78, 5) is 6.80. The maximum absolute atomic E-state index is 6.11. The van der Waals surface area contributed by atoms with Crippen molar-refractivity contribution in [1.29, 1.82) is 0 Å². The fourth-order valence-electron chi connectivity index (χ4n) is 2.29. The zero-order valence-corrected chi connectivity index (χ0v) is 12.5. The van der Waals surface area contributed by atoms with Crippen LogP contribution in [0.2, 0.25) is 5.02 Å². The van der Waals surface area contributed by atoms with Gasteiger partial charge in [0.25, 0.3) is 0 Å². The number of aliphatic imine (C=N–C) groups is 1. The third-order valence-corrected chi connectivity index (χ3v) is 3.83. The van der Waals surface area contributed by atoms with Crippen molar-refractivity contribution in [1.82, 2.24) is 0 Å². The van der Waals surface area contributed by atoms with Crippen LogP contribution < -0.4 is 4.90 Å².